The molecular formula is C22H36N2. The zero-order chi connectivity index (χ0) is 17.2. The van der Waals surface area contributed by atoms with Gasteiger partial charge >= 0.3 is 0 Å². The van der Waals surface area contributed by atoms with Gasteiger partial charge in [0.2, 0.25) is 0 Å². The van der Waals surface area contributed by atoms with Gasteiger partial charge in [-0.2, -0.15) is 0 Å². The summed E-state index contributed by atoms with van der Waals surface area (Å²) in [4.78, 5) is 0. The van der Waals surface area contributed by atoms with Crippen LogP contribution in [-0.2, 0) is 0 Å². The number of hydrogen-bond acceptors (Lipinski definition) is 2. The summed E-state index contributed by atoms with van der Waals surface area (Å²) in [5, 5.41) is 7.93. The lowest BCUT2D eigenvalue weighted by molar-refractivity contribution is 0.148. The second-order valence-corrected chi connectivity index (χ2v) is 9.21. The van der Waals surface area contributed by atoms with Gasteiger partial charge < -0.3 is 10.6 Å². The quantitative estimate of drug-likeness (QED) is 0.767. The summed E-state index contributed by atoms with van der Waals surface area (Å²) in [6.45, 7) is 9.25. The van der Waals surface area contributed by atoms with E-state index in [0.29, 0.717) is 11.6 Å². The average molecular weight is 329 g/mol. The predicted molar refractivity (Wildman–Crippen MR) is 104 cm³/mol. The number of nitrogens with one attached hydrogen (secondary N) is 2. The Balaban J connectivity index is 1.50. The van der Waals surface area contributed by atoms with Crippen molar-refractivity contribution in [1.82, 2.24) is 10.6 Å². The highest BCUT2D eigenvalue weighted by atomic mass is 15.1. The molecule has 3 rings (SSSR count). The van der Waals surface area contributed by atoms with Crippen LogP contribution >= 0.6 is 0 Å². The van der Waals surface area contributed by atoms with E-state index in [0.717, 1.165) is 12.0 Å². The first-order valence-corrected chi connectivity index (χ1v) is 10.0. The third-order valence-corrected chi connectivity index (χ3v) is 5.78. The predicted octanol–water partition coefficient (Wildman–Crippen LogP) is 5.00. The number of benzene rings is 1. The van der Waals surface area contributed by atoms with Crippen LogP contribution in [0.2, 0.25) is 0 Å². The van der Waals surface area contributed by atoms with Crippen LogP contribution in [0.25, 0.3) is 0 Å². The monoisotopic (exact) mass is 328 g/mol. The van der Waals surface area contributed by atoms with Crippen LogP contribution in [0.4, 0.5) is 0 Å². The van der Waals surface area contributed by atoms with E-state index in [9.17, 15) is 0 Å². The molecule has 0 aliphatic heterocycles. The van der Waals surface area contributed by atoms with Crippen LogP contribution < -0.4 is 10.6 Å². The van der Waals surface area contributed by atoms with E-state index in [2.05, 4.69) is 68.7 Å². The summed E-state index contributed by atoms with van der Waals surface area (Å²) in [5.41, 5.74) is 2.10. The van der Waals surface area contributed by atoms with E-state index in [-0.39, 0.29) is 5.54 Å². The summed E-state index contributed by atoms with van der Waals surface area (Å²) in [5.74, 6) is 0.751. The maximum Gasteiger partial charge on any atom is 0.0187 e. The van der Waals surface area contributed by atoms with Crippen molar-refractivity contribution >= 4 is 0 Å². The highest BCUT2D eigenvalue weighted by Gasteiger charge is 2.42. The summed E-state index contributed by atoms with van der Waals surface area (Å²) >= 11 is 0. The van der Waals surface area contributed by atoms with E-state index < -0.39 is 0 Å². The first-order chi connectivity index (χ1) is 11.4. The summed E-state index contributed by atoms with van der Waals surface area (Å²) in [6.07, 6.45) is 9.19. The molecule has 0 heterocycles. The van der Waals surface area contributed by atoms with Crippen molar-refractivity contribution in [1.29, 1.82) is 0 Å². The van der Waals surface area contributed by atoms with E-state index >= 15 is 0 Å². The molecule has 0 radical (unpaired) electrons. The number of hydrogen-bond donors (Lipinski definition) is 2. The Morgan fingerprint density at radius 3 is 2.33 bits per heavy atom. The van der Waals surface area contributed by atoms with E-state index in [1.165, 1.54) is 50.5 Å². The van der Waals surface area contributed by atoms with Gasteiger partial charge in [0.25, 0.3) is 0 Å². The number of rotatable bonds is 6. The standard InChI is InChI=1S/C22H36N2/c1-5-13-22(24-21(2,3)4)14-11-18(12-15-22)23-20-16-19(20)17-9-7-6-8-10-17/h6-10,18-20,23-24H,5,11-16H2,1-4H3/t18?,19-,20+,22?/m1/s1. The molecule has 2 atom stereocenters. The Labute approximate surface area is 148 Å². The first-order valence-electron chi connectivity index (χ1n) is 10.0. The van der Waals surface area contributed by atoms with Crippen LogP contribution in [0.1, 0.15) is 84.1 Å². The molecule has 2 heteroatoms. The van der Waals surface area contributed by atoms with Gasteiger partial charge in [0, 0.05) is 29.1 Å². The molecule has 0 unspecified atom stereocenters. The van der Waals surface area contributed by atoms with Crippen LogP contribution in [0.3, 0.4) is 0 Å². The Morgan fingerprint density at radius 1 is 1.08 bits per heavy atom. The maximum atomic E-state index is 3.97. The maximum absolute atomic E-state index is 3.97. The molecule has 0 amide bonds. The highest BCUT2D eigenvalue weighted by Crippen LogP contribution is 2.42. The van der Waals surface area contributed by atoms with Crippen molar-refractivity contribution in [3.8, 4) is 0 Å². The fourth-order valence-corrected chi connectivity index (χ4v) is 4.80. The minimum absolute atomic E-state index is 0.213. The molecule has 1 aromatic rings. The summed E-state index contributed by atoms with van der Waals surface area (Å²) < 4.78 is 0. The normalized spacial score (nSPS) is 33.4. The van der Waals surface area contributed by atoms with Crippen molar-refractivity contribution in [2.24, 2.45) is 0 Å². The Kier molecular flexibility index (Phi) is 5.36. The van der Waals surface area contributed by atoms with Gasteiger partial charge in [0.1, 0.15) is 0 Å². The SMILES string of the molecule is CCCC1(NC(C)(C)C)CCC(N[C@H]2C[C@@H]2c2ccccc2)CC1. The van der Waals surface area contributed by atoms with Crippen molar-refractivity contribution < 1.29 is 0 Å². The third kappa shape index (κ3) is 4.61. The molecule has 2 fully saturated rings. The molecule has 0 spiro atoms. The molecule has 0 saturated heterocycles. The Morgan fingerprint density at radius 2 is 1.75 bits per heavy atom. The fourth-order valence-electron chi connectivity index (χ4n) is 4.80. The van der Waals surface area contributed by atoms with E-state index in [1.807, 2.05) is 0 Å². The van der Waals surface area contributed by atoms with Gasteiger partial charge in [0.05, 0.1) is 0 Å². The van der Waals surface area contributed by atoms with Crippen molar-refractivity contribution in [3.63, 3.8) is 0 Å². The largest absolute Gasteiger partial charge is 0.311 e. The minimum Gasteiger partial charge on any atom is -0.311 e. The van der Waals surface area contributed by atoms with Crippen molar-refractivity contribution in [2.75, 3.05) is 0 Å². The second kappa shape index (κ2) is 7.17. The lowest BCUT2D eigenvalue weighted by atomic mass is 9.75. The fraction of sp³-hybridized carbons (Fsp3) is 0.727. The van der Waals surface area contributed by atoms with Gasteiger partial charge in [-0.15, -0.1) is 0 Å². The zero-order valence-electron chi connectivity index (χ0n) is 16.1. The molecule has 0 bridgehead atoms. The Bertz CT molecular complexity index is 509. The summed E-state index contributed by atoms with van der Waals surface area (Å²) in [7, 11) is 0. The molecule has 0 aromatic heterocycles. The van der Waals surface area contributed by atoms with Gasteiger partial charge in [-0.05, 0) is 64.9 Å². The molecule has 2 aliphatic carbocycles. The van der Waals surface area contributed by atoms with E-state index in [4.69, 9.17) is 0 Å². The third-order valence-electron chi connectivity index (χ3n) is 5.78. The van der Waals surface area contributed by atoms with Gasteiger partial charge in [-0.25, -0.2) is 0 Å². The smallest absolute Gasteiger partial charge is 0.0187 e. The molecule has 134 valence electrons. The second-order valence-electron chi connectivity index (χ2n) is 9.21. The van der Waals surface area contributed by atoms with Crippen molar-refractivity contribution in [3.05, 3.63) is 35.9 Å². The van der Waals surface area contributed by atoms with Crippen molar-refractivity contribution in [2.45, 2.75) is 102 Å². The molecule has 2 aliphatic rings. The van der Waals surface area contributed by atoms with Crippen LogP contribution in [0.15, 0.2) is 30.3 Å². The minimum atomic E-state index is 0.213. The van der Waals surface area contributed by atoms with Gasteiger partial charge in [-0.3, -0.25) is 0 Å². The molecule has 2 saturated carbocycles. The first kappa shape index (κ1) is 17.9. The average Bonchev–Trinajstić information content (AvgIpc) is 3.29. The van der Waals surface area contributed by atoms with Crippen LogP contribution in [0, 0.1) is 0 Å². The zero-order valence-corrected chi connectivity index (χ0v) is 16.1. The molecule has 1 aromatic carbocycles. The molecule has 2 N–H and O–H groups in total. The Hall–Kier alpha value is -0.860. The molecule has 24 heavy (non-hydrogen) atoms. The van der Waals surface area contributed by atoms with Crippen LogP contribution in [0.5, 0.6) is 0 Å². The highest BCUT2D eigenvalue weighted by molar-refractivity contribution is 5.27. The van der Waals surface area contributed by atoms with Gasteiger partial charge in [-0.1, -0.05) is 43.7 Å². The topological polar surface area (TPSA) is 24.1 Å². The summed E-state index contributed by atoms with van der Waals surface area (Å²) in [6, 6.07) is 12.5. The lowest BCUT2D eigenvalue weighted by Crippen LogP contribution is -2.57. The van der Waals surface area contributed by atoms with E-state index in [1.54, 1.807) is 0 Å². The van der Waals surface area contributed by atoms with Crippen LogP contribution in [-0.4, -0.2) is 23.2 Å². The lowest BCUT2D eigenvalue weighted by Gasteiger charge is -2.45. The van der Waals surface area contributed by atoms with Gasteiger partial charge in [0.15, 0.2) is 0 Å². The molecular weight excluding hydrogens is 292 g/mol. The molecule has 2 nitrogen and oxygen atoms in total.